The fourth-order valence-electron chi connectivity index (χ4n) is 1.87. The first-order valence-electron chi connectivity index (χ1n) is 5.30. The highest BCUT2D eigenvalue weighted by Crippen LogP contribution is 2.18. The van der Waals surface area contributed by atoms with Crippen molar-refractivity contribution in [1.82, 2.24) is 9.88 Å². The van der Waals surface area contributed by atoms with Gasteiger partial charge in [0, 0.05) is 44.3 Å². The molecule has 1 aliphatic rings. The molecule has 0 radical (unpaired) electrons. The number of aliphatic hydroxyl groups excluding tert-OH is 1. The number of thiazole rings is 1. The van der Waals surface area contributed by atoms with E-state index in [1.807, 2.05) is 18.5 Å². The molecule has 84 valence electrons. The van der Waals surface area contributed by atoms with Crippen LogP contribution in [-0.4, -0.2) is 53.8 Å². The first-order chi connectivity index (χ1) is 7.25. The zero-order valence-electron chi connectivity index (χ0n) is 8.96. The third-order valence-electron chi connectivity index (χ3n) is 2.58. The molecule has 1 aromatic rings. The number of β-amino-alcohol motifs (C(OH)–C–C–N with tert-alkyl or cyclic N) is 1. The molecular formula is C10H17N3OS. The lowest BCUT2D eigenvalue weighted by Gasteiger charge is -2.35. The van der Waals surface area contributed by atoms with Crippen LogP contribution in [0, 0.1) is 0 Å². The van der Waals surface area contributed by atoms with Gasteiger partial charge in [0.25, 0.3) is 0 Å². The molecule has 0 amide bonds. The van der Waals surface area contributed by atoms with Gasteiger partial charge in [0.1, 0.15) is 0 Å². The quantitative estimate of drug-likeness (QED) is 0.823. The molecular weight excluding hydrogens is 210 g/mol. The molecule has 0 spiro atoms. The van der Waals surface area contributed by atoms with E-state index < -0.39 is 0 Å². The number of aliphatic hydroxyl groups is 1. The monoisotopic (exact) mass is 227 g/mol. The third kappa shape index (κ3) is 2.90. The minimum atomic E-state index is -0.226. The van der Waals surface area contributed by atoms with E-state index in [2.05, 4.69) is 14.8 Å². The van der Waals surface area contributed by atoms with Crippen LogP contribution in [0.4, 0.5) is 5.13 Å². The van der Waals surface area contributed by atoms with Crippen molar-refractivity contribution in [3.63, 3.8) is 0 Å². The van der Waals surface area contributed by atoms with Gasteiger partial charge >= 0.3 is 0 Å². The first-order valence-corrected chi connectivity index (χ1v) is 6.18. The van der Waals surface area contributed by atoms with Gasteiger partial charge in [-0.05, 0) is 6.92 Å². The summed E-state index contributed by atoms with van der Waals surface area (Å²) in [6, 6.07) is 0. The Labute approximate surface area is 94.2 Å². The maximum absolute atomic E-state index is 9.29. The Balaban J connectivity index is 1.82. The summed E-state index contributed by atoms with van der Waals surface area (Å²) >= 11 is 1.69. The second kappa shape index (κ2) is 4.92. The Kier molecular flexibility index (Phi) is 3.56. The Morgan fingerprint density at radius 1 is 1.47 bits per heavy atom. The van der Waals surface area contributed by atoms with E-state index in [-0.39, 0.29) is 6.10 Å². The highest BCUT2D eigenvalue weighted by molar-refractivity contribution is 7.13. The Hall–Kier alpha value is -0.650. The fourth-order valence-corrected chi connectivity index (χ4v) is 2.56. The molecule has 2 rings (SSSR count). The van der Waals surface area contributed by atoms with Gasteiger partial charge < -0.3 is 10.0 Å². The van der Waals surface area contributed by atoms with Crippen LogP contribution in [0.1, 0.15) is 6.92 Å². The Bertz CT molecular complexity index is 281. The van der Waals surface area contributed by atoms with Gasteiger partial charge in [-0.2, -0.15) is 0 Å². The van der Waals surface area contributed by atoms with Crippen LogP contribution in [0.25, 0.3) is 0 Å². The number of hydrogen-bond acceptors (Lipinski definition) is 5. The molecule has 15 heavy (non-hydrogen) atoms. The lowest BCUT2D eigenvalue weighted by Crippen LogP contribution is -2.48. The van der Waals surface area contributed by atoms with Crippen LogP contribution < -0.4 is 4.90 Å². The van der Waals surface area contributed by atoms with Crippen LogP contribution in [-0.2, 0) is 0 Å². The van der Waals surface area contributed by atoms with Crippen molar-refractivity contribution in [2.24, 2.45) is 0 Å². The molecule has 1 saturated heterocycles. The smallest absolute Gasteiger partial charge is 0.185 e. The summed E-state index contributed by atoms with van der Waals surface area (Å²) < 4.78 is 0. The Morgan fingerprint density at radius 3 is 2.73 bits per heavy atom. The topological polar surface area (TPSA) is 39.6 Å². The average molecular weight is 227 g/mol. The Morgan fingerprint density at radius 2 is 2.20 bits per heavy atom. The van der Waals surface area contributed by atoms with Gasteiger partial charge in [-0.1, -0.05) is 0 Å². The lowest BCUT2D eigenvalue weighted by atomic mass is 10.3. The van der Waals surface area contributed by atoms with Crippen LogP contribution in [0.3, 0.4) is 0 Å². The summed E-state index contributed by atoms with van der Waals surface area (Å²) in [5.41, 5.74) is 0. The average Bonchev–Trinajstić information content (AvgIpc) is 2.71. The number of anilines is 1. The molecule has 1 aliphatic heterocycles. The van der Waals surface area contributed by atoms with Crippen molar-refractivity contribution in [3.05, 3.63) is 11.6 Å². The highest BCUT2D eigenvalue weighted by Gasteiger charge is 2.18. The number of hydrogen-bond donors (Lipinski definition) is 1. The highest BCUT2D eigenvalue weighted by atomic mass is 32.1. The predicted molar refractivity (Wildman–Crippen MR) is 62.4 cm³/mol. The summed E-state index contributed by atoms with van der Waals surface area (Å²) in [5.74, 6) is 0. The van der Waals surface area contributed by atoms with Gasteiger partial charge in [0.05, 0.1) is 6.10 Å². The lowest BCUT2D eigenvalue weighted by molar-refractivity contribution is 0.122. The number of nitrogens with zero attached hydrogens (tertiary/aromatic N) is 3. The maximum atomic E-state index is 9.29. The standard InChI is InChI=1S/C10H17N3OS/c1-9(14)8-12-3-5-13(6-4-12)10-11-2-7-15-10/h2,7,9,14H,3-6,8H2,1H3. The van der Waals surface area contributed by atoms with Crippen molar-refractivity contribution in [2.75, 3.05) is 37.6 Å². The van der Waals surface area contributed by atoms with E-state index in [0.717, 1.165) is 37.9 Å². The van der Waals surface area contributed by atoms with Gasteiger partial charge in [-0.15, -0.1) is 11.3 Å². The maximum Gasteiger partial charge on any atom is 0.185 e. The number of rotatable bonds is 3. The van der Waals surface area contributed by atoms with E-state index in [0.29, 0.717) is 0 Å². The number of piperazine rings is 1. The SMILES string of the molecule is CC(O)CN1CCN(c2nccs2)CC1. The second-order valence-corrected chi connectivity index (χ2v) is 4.82. The molecule has 0 aliphatic carbocycles. The largest absolute Gasteiger partial charge is 0.392 e. The minimum Gasteiger partial charge on any atom is -0.392 e. The molecule has 0 aromatic carbocycles. The van der Waals surface area contributed by atoms with Crippen LogP contribution in [0.5, 0.6) is 0 Å². The van der Waals surface area contributed by atoms with Gasteiger partial charge in [0.2, 0.25) is 0 Å². The van der Waals surface area contributed by atoms with Crippen LogP contribution in [0.15, 0.2) is 11.6 Å². The van der Waals surface area contributed by atoms with Crippen molar-refractivity contribution in [2.45, 2.75) is 13.0 Å². The second-order valence-electron chi connectivity index (χ2n) is 3.95. The molecule has 1 fully saturated rings. The van der Waals surface area contributed by atoms with Crippen molar-refractivity contribution >= 4 is 16.5 Å². The summed E-state index contributed by atoms with van der Waals surface area (Å²) in [6.45, 7) is 6.69. The van der Waals surface area contributed by atoms with Gasteiger partial charge in [-0.3, -0.25) is 4.90 Å². The first kappa shape index (κ1) is 10.9. The van der Waals surface area contributed by atoms with Crippen LogP contribution >= 0.6 is 11.3 Å². The molecule has 1 atom stereocenters. The zero-order chi connectivity index (χ0) is 10.7. The van der Waals surface area contributed by atoms with E-state index in [4.69, 9.17) is 0 Å². The molecule has 5 heteroatoms. The normalized spacial score (nSPS) is 20.5. The molecule has 2 heterocycles. The molecule has 4 nitrogen and oxygen atoms in total. The molecule has 0 saturated carbocycles. The third-order valence-corrected chi connectivity index (χ3v) is 3.42. The summed E-state index contributed by atoms with van der Waals surface area (Å²) in [5, 5.41) is 12.4. The van der Waals surface area contributed by atoms with Gasteiger partial charge in [-0.25, -0.2) is 4.98 Å². The molecule has 0 bridgehead atoms. The molecule has 1 unspecified atom stereocenters. The van der Waals surface area contributed by atoms with Crippen molar-refractivity contribution in [1.29, 1.82) is 0 Å². The zero-order valence-corrected chi connectivity index (χ0v) is 9.78. The molecule has 1 N–H and O–H groups in total. The van der Waals surface area contributed by atoms with E-state index in [1.54, 1.807) is 11.3 Å². The fraction of sp³-hybridized carbons (Fsp3) is 0.700. The van der Waals surface area contributed by atoms with E-state index in [9.17, 15) is 5.11 Å². The predicted octanol–water partition coefficient (Wildman–Crippen LogP) is 0.646. The molecule has 1 aromatic heterocycles. The van der Waals surface area contributed by atoms with E-state index in [1.165, 1.54) is 0 Å². The van der Waals surface area contributed by atoms with Crippen molar-refractivity contribution < 1.29 is 5.11 Å². The minimum absolute atomic E-state index is 0.226. The summed E-state index contributed by atoms with van der Waals surface area (Å²) in [6.07, 6.45) is 1.62. The van der Waals surface area contributed by atoms with Crippen molar-refractivity contribution in [3.8, 4) is 0 Å². The van der Waals surface area contributed by atoms with Gasteiger partial charge in [0.15, 0.2) is 5.13 Å². The number of aromatic nitrogens is 1. The van der Waals surface area contributed by atoms with E-state index >= 15 is 0 Å². The van der Waals surface area contributed by atoms with Crippen LogP contribution in [0.2, 0.25) is 0 Å². The summed E-state index contributed by atoms with van der Waals surface area (Å²) in [7, 11) is 0. The summed E-state index contributed by atoms with van der Waals surface area (Å²) in [4.78, 5) is 8.91.